The van der Waals surface area contributed by atoms with E-state index in [2.05, 4.69) is 0 Å². The van der Waals surface area contributed by atoms with Gasteiger partial charge in [0.05, 0.1) is 6.10 Å². The van der Waals surface area contributed by atoms with Crippen LogP contribution in [-0.2, 0) is 4.79 Å². The first-order chi connectivity index (χ1) is 4.95. The number of halogens is 1. The Labute approximate surface area is 70.3 Å². The number of carboxylic acids is 1. The molecule has 4 heteroatoms. The molecule has 11 heavy (non-hydrogen) atoms. The zero-order chi connectivity index (χ0) is 9.02. The van der Waals surface area contributed by atoms with E-state index in [9.17, 15) is 4.79 Å². The summed E-state index contributed by atoms with van der Waals surface area (Å²) in [5.41, 5.74) is 0.0903. The molecule has 0 amide bonds. The van der Waals surface area contributed by atoms with Crippen molar-refractivity contribution in [3.63, 3.8) is 0 Å². The summed E-state index contributed by atoms with van der Waals surface area (Å²) < 4.78 is 0. The van der Waals surface area contributed by atoms with Gasteiger partial charge in [0.2, 0.25) is 0 Å². The second kappa shape index (κ2) is 4.36. The Bertz CT molecular complexity index is 184. The molecule has 64 valence electrons. The van der Waals surface area contributed by atoms with Gasteiger partial charge < -0.3 is 10.2 Å². The third-order valence-corrected chi connectivity index (χ3v) is 1.64. The molecule has 1 atom stereocenters. The summed E-state index contributed by atoms with van der Waals surface area (Å²) >= 11 is 5.56. The quantitative estimate of drug-likeness (QED) is 0.642. The monoisotopic (exact) mass is 178 g/mol. The van der Waals surface area contributed by atoms with Gasteiger partial charge in [0.1, 0.15) is 0 Å². The first kappa shape index (κ1) is 10.5. The van der Waals surface area contributed by atoms with Crippen LogP contribution in [0.2, 0.25) is 0 Å². The lowest BCUT2D eigenvalue weighted by Crippen LogP contribution is -2.04. The molecule has 0 saturated carbocycles. The highest BCUT2D eigenvalue weighted by molar-refractivity contribution is 6.31. The van der Waals surface area contributed by atoms with E-state index in [0.29, 0.717) is 0 Å². The van der Waals surface area contributed by atoms with E-state index in [-0.39, 0.29) is 17.0 Å². The zero-order valence-electron chi connectivity index (χ0n) is 6.47. The van der Waals surface area contributed by atoms with Crippen molar-refractivity contribution in [3.05, 3.63) is 10.6 Å². The van der Waals surface area contributed by atoms with E-state index < -0.39 is 12.1 Å². The van der Waals surface area contributed by atoms with Gasteiger partial charge >= 0.3 is 5.97 Å². The highest BCUT2D eigenvalue weighted by atomic mass is 35.5. The molecule has 0 spiro atoms. The Kier molecular flexibility index (Phi) is 4.15. The minimum Gasteiger partial charge on any atom is -0.478 e. The molecule has 0 heterocycles. The summed E-state index contributed by atoms with van der Waals surface area (Å²) in [6.07, 6.45) is -0.406. The van der Waals surface area contributed by atoms with Crippen molar-refractivity contribution in [3.8, 4) is 0 Å². The lowest BCUT2D eigenvalue weighted by Gasteiger charge is -2.03. The van der Waals surface area contributed by atoms with Gasteiger partial charge in [-0.1, -0.05) is 11.6 Å². The fraction of sp³-hybridized carbons (Fsp3) is 0.571. The number of carboxylic acid groups (broad SMARTS) is 1. The molecule has 0 bridgehead atoms. The Balaban J connectivity index is 4.28. The van der Waals surface area contributed by atoms with E-state index >= 15 is 0 Å². The van der Waals surface area contributed by atoms with Crippen molar-refractivity contribution in [1.82, 2.24) is 0 Å². The highest BCUT2D eigenvalue weighted by Gasteiger charge is 2.08. The number of aliphatic hydroxyl groups is 1. The summed E-state index contributed by atoms with van der Waals surface area (Å²) in [6, 6.07) is 0. The molecule has 0 saturated heterocycles. The van der Waals surface area contributed by atoms with Gasteiger partial charge in [-0.25, -0.2) is 4.79 Å². The number of aliphatic hydroxyl groups excluding tert-OH is 1. The normalized spacial score (nSPS) is 15.6. The van der Waals surface area contributed by atoms with Crippen LogP contribution in [0.3, 0.4) is 0 Å². The van der Waals surface area contributed by atoms with Gasteiger partial charge in [-0.3, -0.25) is 0 Å². The molecule has 0 aromatic carbocycles. The Morgan fingerprint density at radius 3 is 2.36 bits per heavy atom. The fourth-order valence-corrected chi connectivity index (χ4v) is 0.833. The Morgan fingerprint density at radius 2 is 2.09 bits per heavy atom. The standard InChI is InChI=1S/C7H11ClO3/c1-4(9)3-6(8)5(2)7(10)11/h4,9H,3H2,1-2H3,(H,10,11). The first-order valence-corrected chi connectivity index (χ1v) is 3.59. The molecule has 0 aromatic heterocycles. The Hall–Kier alpha value is -0.540. The number of hydrogen-bond acceptors (Lipinski definition) is 2. The van der Waals surface area contributed by atoms with Crippen molar-refractivity contribution >= 4 is 17.6 Å². The van der Waals surface area contributed by atoms with E-state index in [1.807, 2.05) is 0 Å². The smallest absolute Gasteiger partial charge is 0.332 e. The molecule has 0 aliphatic heterocycles. The van der Waals surface area contributed by atoms with Crippen molar-refractivity contribution in [1.29, 1.82) is 0 Å². The molecule has 0 aliphatic carbocycles. The predicted octanol–water partition coefficient (Wildman–Crippen LogP) is 1.35. The highest BCUT2D eigenvalue weighted by Crippen LogP contribution is 2.15. The SMILES string of the molecule is CC(C(=O)O)=C(Cl)CC(C)O. The lowest BCUT2D eigenvalue weighted by molar-refractivity contribution is -0.132. The molecule has 0 aliphatic rings. The summed E-state index contributed by atoms with van der Waals surface area (Å²) in [5.74, 6) is -1.05. The van der Waals surface area contributed by atoms with Crippen molar-refractivity contribution in [2.24, 2.45) is 0 Å². The summed E-state index contributed by atoms with van der Waals surface area (Å²) in [7, 11) is 0. The number of aliphatic carboxylic acids is 1. The Morgan fingerprint density at radius 1 is 1.64 bits per heavy atom. The molecule has 1 unspecified atom stereocenters. The molecular formula is C7H11ClO3. The van der Waals surface area contributed by atoms with Crippen LogP contribution in [0.1, 0.15) is 20.3 Å². The molecule has 2 N–H and O–H groups in total. The summed E-state index contributed by atoms with van der Waals surface area (Å²) in [5, 5.41) is 17.5. The minimum absolute atomic E-state index is 0.0903. The largest absolute Gasteiger partial charge is 0.478 e. The molecule has 0 rings (SSSR count). The molecular weight excluding hydrogens is 168 g/mol. The topological polar surface area (TPSA) is 57.5 Å². The van der Waals surface area contributed by atoms with Gasteiger partial charge in [-0.05, 0) is 13.8 Å². The van der Waals surface area contributed by atoms with Crippen LogP contribution in [0, 0.1) is 0 Å². The van der Waals surface area contributed by atoms with Crippen LogP contribution >= 0.6 is 11.6 Å². The maximum atomic E-state index is 10.3. The van der Waals surface area contributed by atoms with Gasteiger partial charge in [0, 0.05) is 17.0 Å². The predicted molar refractivity (Wildman–Crippen MR) is 42.5 cm³/mol. The summed E-state index contributed by atoms with van der Waals surface area (Å²) in [6.45, 7) is 2.96. The van der Waals surface area contributed by atoms with Crippen LogP contribution < -0.4 is 0 Å². The molecule has 0 aromatic rings. The second-order valence-electron chi connectivity index (χ2n) is 2.39. The molecule has 0 radical (unpaired) electrons. The van der Waals surface area contributed by atoms with Crippen molar-refractivity contribution in [2.45, 2.75) is 26.4 Å². The third kappa shape index (κ3) is 4.01. The molecule has 0 fully saturated rings. The van der Waals surface area contributed by atoms with Crippen molar-refractivity contribution < 1.29 is 15.0 Å². The van der Waals surface area contributed by atoms with Crippen LogP contribution in [0.15, 0.2) is 10.6 Å². The minimum atomic E-state index is -1.05. The van der Waals surface area contributed by atoms with Crippen LogP contribution in [0.4, 0.5) is 0 Å². The van der Waals surface area contributed by atoms with Gasteiger partial charge in [-0.2, -0.15) is 0 Å². The van der Waals surface area contributed by atoms with Gasteiger partial charge in [0.25, 0.3) is 0 Å². The van der Waals surface area contributed by atoms with Crippen LogP contribution in [0.25, 0.3) is 0 Å². The number of hydrogen-bond donors (Lipinski definition) is 2. The van der Waals surface area contributed by atoms with E-state index in [4.69, 9.17) is 21.8 Å². The summed E-state index contributed by atoms with van der Waals surface area (Å²) in [4.78, 5) is 10.3. The van der Waals surface area contributed by atoms with Crippen molar-refractivity contribution in [2.75, 3.05) is 0 Å². The first-order valence-electron chi connectivity index (χ1n) is 3.21. The average Bonchev–Trinajstić information content (AvgIpc) is 1.84. The maximum Gasteiger partial charge on any atom is 0.332 e. The molecule has 3 nitrogen and oxygen atoms in total. The number of rotatable bonds is 3. The van der Waals surface area contributed by atoms with E-state index in [1.165, 1.54) is 6.92 Å². The van der Waals surface area contributed by atoms with Crippen LogP contribution in [0.5, 0.6) is 0 Å². The van der Waals surface area contributed by atoms with E-state index in [1.54, 1.807) is 6.92 Å². The van der Waals surface area contributed by atoms with Gasteiger partial charge in [0.15, 0.2) is 0 Å². The lowest BCUT2D eigenvalue weighted by atomic mass is 10.2. The van der Waals surface area contributed by atoms with Crippen LogP contribution in [-0.4, -0.2) is 22.3 Å². The third-order valence-electron chi connectivity index (χ3n) is 1.20. The zero-order valence-corrected chi connectivity index (χ0v) is 7.22. The van der Waals surface area contributed by atoms with Gasteiger partial charge in [-0.15, -0.1) is 0 Å². The van der Waals surface area contributed by atoms with E-state index in [0.717, 1.165) is 0 Å². The average molecular weight is 179 g/mol. The second-order valence-corrected chi connectivity index (χ2v) is 2.84. The fourth-order valence-electron chi connectivity index (χ4n) is 0.528. The number of carbonyl (C=O) groups is 1. The maximum absolute atomic E-state index is 10.3.